The summed E-state index contributed by atoms with van der Waals surface area (Å²) in [6.07, 6.45) is 3.50. The van der Waals surface area contributed by atoms with Crippen molar-refractivity contribution in [3.05, 3.63) is 34.3 Å². The number of halogens is 2. The third-order valence-electron chi connectivity index (χ3n) is 4.89. The topological polar surface area (TPSA) is 39.7 Å². The molecule has 2 rings (SSSR count). The first-order valence-corrected chi connectivity index (χ1v) is 10.3. The molecule has 0 saturated carbocycles. The lowest BCUT2D eigenvalue weighted by Gasteiger charge is -2.17. The molecule has 148 valence electrons. The number of hydrogen-bond donors (Lipinski definition) is 2. The van der Waals surface area contributed by atoms with E-state index in [9.17, 15) is 0 Å². The summed E-state index contributed by atoms with van der Waals surface area (Å²) in [7, 11) is 2.20. The van der Waals surface area contributed by atoms with Gasteiger partial charge in [-0.25, -0.2) is 0 Å². The number of guanidine groups is 1. The lowest BCUT2D eigenvalue weighted by molar-refractivity contribution is 0.393. The highest BCUT2D eigenvalue weighted by molar-refractivity contribution is 14.0. The van der Waals surface area contributed by atoms with Crippen LogP contribution >= 0.6 is 39.9 Å². The first-order valence-electron chi connectivity index (χ1n) is 9.55. The van der Waals surface area contributed by atoms with Gasteiger partial charge in [-0.3, -0.25) is 4.99 Å². The van der Waals surface area contributed by atoms with Crippen LogP contribution in [-0.4, -0.2) is 50.6 Å². The lowest BCUT2D eigenvalue weighted by Crippen LogP contribution is -2.40. The summed E-state index contributed by atoms with van der Waals surface area (Å²) in [4.78, 5) is 7.26. The molecule has 1 heterocycles. The normalized spacial score (nSPS) is 19.1. The van der Waals surface area contributed by atoms with Crippen LogP contribution in [0.25, 0.3) is 0 Å². The van der Waals surface area contributed by atoms with Crippen molar-refractivity contribution in [1.29, 1.82) is 0 Å². The van der Waals surface area contributed by atoms with Crippen molar-refractivity contribution in [2.45, 2.75) is 33.1 Å². The van der Waals surface area contributed by atoms with E-state index in [-0.39, 0.29) is 24.0 Å². The van der Waals surface area contributed by atoms with E-state index in [1.165, 1.54) is 25.1 Å². The van der Waals surface area contributed by atoms with Crippen LogP contribution in [0.15, 0.2) is 33.7 Å². The molecule has 0 radical (unpaired) electrons. The van der Waals surface area contributed by atoms with E-state index in [0.717, 1.165) is 48.8 Å². The van der Waals surface area contributed by atoms with Gasteiger partial charge < -0.3 is 15.5 Å². The van der Waals surface area contributed by atoms with Crippen molar-refractivity contribution >= 4 is 45.9 Å². The minimum Gasteiger partial charge on any atom is -0.357 e. The number of rotatable bonds is 8. The van der Waals surface area contributed by atoms with Crippen molar-refractivity contribution in [3.8, 4) is 0 Å². The number of benzene rings is 1. The van der Waals surface area contributed by atoms with Gasteiger partial charge >= 0.3 is 0 Å². The second-order valence-electron chi connectivity index (χ2n) is 7.13. The largest absolute Gasteiger partial charge is 0.357 e. The Morgan fingerprint density at radius 3 is 2.77 bits per heavy atom. The molecule has 1 aliphatic rings. The Balaban J connectivity index is 0.00000338. The number of aliphatic imine (C=N–C) groups is 1. The summed E-state index contributed by atoms with van der Waals surface area (Å²) in [6.45, 7) is 9.56. The van der Waals surface area contributed by atoms with Gasteiger partial charge in [-0.2, -0.15) is 0 Å². The third-order valence-corrected chi connectivity index (χ3v) is 5.38. The fraction of sp³-hybridized carbons (Fsp3) is 0.650. The summed E-state index contributed by atoms with van der Waals surface area (Å²) in [5.74, 6) is 2.27. The molecule has 0 aliphatic carbocycles. The second kappa shape index (κ2) is 12.9. The van der Waals surface area contributed by atoms with Gasteiger partial charge in [0.1, 0.15) is 0 Å². The van der Waals surface area contributed by atoms with Crippen LogP contribution < -0.4 is 10.6 Å². The average Bonchev–Trinajstić information content (AvgIpc) is 3.01. The number of nitrogens with one attached hydrogen (secondary N) is 2. The maximum atomic E-state index is 4.85. The fourth-order valence-corrected chi connectivity index (χ4v) is 3.78. The smallest absolute Gasteiger partial charge is 0.191 e. The molecular weight excluding hydrogens is 503 g/mol. The monoisotopic (exact) mass is 536 g/mol. The highest BCUT2D eigenvalue weighted by Gasteiger charge is 2.19. The van der Waals surface area contributed by atoms with E-state index in [4.69, 9.17) is 4.99 Å². The van der Waals surface area contributed by atoms with Gasteiger partial charge in [0.25, 0.3) is 0 Å². The standard InChI is InChI=1S/C20H33BrN4.HI/c1-4-16(11-17-7-6-8-19(21)12-17)13-23-20(22-5-2)24-14-18-9-10-25(3)15-18;/h6-8,12,16,18H,4-5,9-11,13-15H2,1-3H3,(H2,22,23,24);1H. The zero-order valence-corrected chi connectivity index (χ0v) is 20.2. The summed E-state index contributed by atoms with van der Waals surface area (Å²) < 4.78 is 1.15. The van der Waals surface area contributed by atoms with E-state index in [0.29, 0.717) is 5.92 Å². The number of hydrogen-bond acceptors (Lipinski definition) is 2. The van der Waals surface area contributed by atoms with Crippen LogP contribution in [0.1, 0.15) is 32.3 Å². The van der Waals surface area contributed by atoms with Crippen molar-refractivity contribution < 1.29 is 0 Å². The molecule has 1 saturated heterocycles. The Bertz CT molecular complexity index is 552. The van der Waals surface area contributed by atoms with Crippen LogP contribution in [0.3, 0.4) is 0 Å². The van der Waals surface area contributed by atoms with Gasteiger partial charge in [0.2, 0.25) is 0 Å². The Kier molecular flexibility index (Phi) is 11.8. The Labute approximate surface area is 184 Å². The van der Waals surface area contributed by atoms with Gasteiger partial charge in [-0.05, 0) is 62.9 Å². The maximum Gasteiger partial charge on any atom is 0.191 e. The SMILES string of the molecule is CCNC(=NCC(CC)Cc1cccc(Br)c1)NCC1CCN(C)C1.I. The summed E-state index contributed by atoms with van der Waals surface area (Å²) in [5.41, 5.74) is 1.38. The van der Waals surface area contributed by atoms with Gasteiger partial charge in [-0.15, -0.1) is 24.0 Å². The first kappa shape index (κ1) is 23.7. The van der Waals surface area contributed by atoms with Crippen LogP contribution in [0.5, 0.6) is 0 Å². The minimum absolute atomic E-state index is 0. The van der Waals surface area contributed by atoms with Crippen LogP contribution in [0, 0.1) is 11.8 Å². The molecular formula is C20H34BrIN4. The number of nitrogens with zero attached hydrogens (tertiary/aromatic N) is 2. The predicted molar refractivity (Wildman–Crippen MR) is 127 cm³/mol. The molecule has 1 aliphatic heterocycles. The van der Waals surface area contributed by atoms with Gasteiger partial charge in [-0.1, -0.05) is 41.4 Å². The molecule has 0 spiro atoms. The van der Waals surface area contributed by atoms with Crippen molar-refractivity contribution in [2.24, 2.45) is 16.8 Å². The summed E-state index contributed by atoms with van der Waals surface area (Å²) >= 11 is 3.56. The molecule has 1 aromatic rings. The molecule has 2 N–H and O–H groups in total. The van der Waals surface area contributed by atoms with E-state index in [1.807, 2.05) is 0 Å². The van der Waals surface area contributed by atoms with Crippen molar-refractivity contribution in [2.75, 3.05) is 39.8 Å². The van der Waals surface area contributed by atoms with Crippen molar-refractivity contribution in [1.82, 2.24) is 15.5 Å². The average molecular weight is 537 g/mol. The van der Waals surface area contributed by atoms with E-state index in [1.54, 1.807) is 0 Å². The van der Waals surface area contributed by atoms with Crippen molar-refractivity contribution in [3.63, 3.8) is 0 Å². The summed E-state index contributed by atoms with van der Waals surface area (Å²) in [6, 6.07) is 8.61. The highest BCUT2D eigenvalue weighted by atomic mass is 127. The minimum atomic E-state index is 0. The lowest BCUT2D eigenvalue weighted by atomic mass is 9.97. The van der Waals surface area contributed by atoms with Crippen LogP contribution in [0.2, 0.25) is 0 Å². The fourth-order valence-electron chi connectivity index (χ4n) is 3.33. The number of likely N-dealkylation sites (tertiary alicyclic amines) is 1. The van der Waals surface area contributed by atoms with E-state index >= 15 is 0 Å². The zero-order valence-electron chi connectivity index (χ0n) is 16.3. The molecule has 0 bridgehead atoms. The summed E-state index contributed by atoms with van der Waals surface area (Å²) in [5, 5.41) is 6.93. The molecule has 6 heteroatoms. The molecule has 4 nitrogen and oxygen atoms in total. The Morgan fingerprint density at radius 2 is 2.15 bits per heavy atom. The van der Waals surface area contributed by atoms with Crippen LogP contribution in [0.4, 0.5) is 0 Å². The van der Waals surface area contributed by atoms with Gasteiger partial charge in [0.05, 0.1) is 0 Å². The Morgan fingerprint density at radius 1 is 1.35 bits per heavy atom. The van der Waals surface area contributed by atoms with Gasteiger partial charge in [0.15, 0.2) is 5.96 Å². The molecule has 2 unspecified atom stereocenters. The molecule has 1 aromatic carbocycles. The van der Waals surface area contributed by atoms with Crippen LogP contribution in [-0.2, 0) is 6.42 Å². The van der Waals surface area contributed by atoms with Gasteiger partial charge in [0, 0.05) is 30.7 Å². The Hall–Kier alpha value is -0.340. The first-order chi connectivity index (χ1) is 12.1. The molecule has 0 aromatic heterocycles. The molecule has 2 atom stereocenters. The highest BCUT2D eigenvalue weighted by Crippen LogP contribution is 2.17. The molecule has 1 fully saturated rings. The molecule has 0 amide bonds. The quantitative estimate of drug-likeness (QED) is 0.298. The van der Waals surface area contributed by atoms with E-state index < -0.39 is 0 Å². The van der Waals surface area contributed by atoms with E-state index in [2.05, 4.69) is 76.6 Å². The predicted octanol–water partition coefficient (Wildman–Crippen LogP) is 4.14. The molecule has 26 heavy (non-hydrogen) atoms. The second-order valence-corrected chi connectivity index (χ2v) is 8.04. The third kappa shape index (κ3) is 8.57. The zero-order chi connectivity index (χ0) is 18.1. The maximum absolute atomic E-state index is 4.85.